The van der Waals surface area contributed by atoms with Crippen LogP contribution >= 0.6 is 0 Å². The quantitative estimate of drug-likeness (QED) is 0.489. The van der Waals surface area contributed by atoms with E-state index in [9.17, 15) is 9.59 Å². The maximum Gasteiger partial charge on any atom is 0.295 e. The van der Waals surface area contributed by atoms with Crippen molar-refractivity contribution >= 4 is 16.8 Å². The molecule has 0 saturated heterocycles. The van der Waals surface area contributed by atoms with Crippen LogP contribution in [0.25, 0.3) is 16.6 Å². The van der Waals surface area contributed by atoms with Crippen molar-refractivity contribution in [2.24, 2.45) is 0 Å². The molecule has 0 fully saturated rings. The largest absolute Gasteiger partial charge is 0.350 e. The zero-order valence-corrected chi connectivity index (χ0v) is 19.7. The molecule has 4 rings (SSSR count). The van der Waals surface area contributed by atoms with Gasteiger partial charge in [0.25, 0.3) is 5.56 Å². The van der Waals surface area contributed by atoms with Gasteiger partial charge in [0.1, 0.15) is 6.04 Å². The second-order valence-corrected chi connectivity index (χ2v) is 8.46. The fraction of sp³-hybridized carbons (Fsp3) is 0.308. The molecule has 1 N–H and O–H groups in total. The molecular weight excluding hydrogens is 414 g/mol. The molecule has 0 aliphatic heterocycles. The molecule has 170 valence electrons. The fourth-order valence-corrected chi connectivity index (χ4v) is 3.99. The van der Waals surface area contributed by atoms with Gasteiger partial charge in [-0.15, -0.1) is 0 Å². The van der Waals surface area contributed by atoms with Gasteiger partial charge in [-0.25, -0.2) is 9.36 Å². The Labute approximate surface area is 193 Å². The molecule has 4 aromatic rings. The molecule has 2 aromatic heterocycles. The van der Waals surface area contributed by atoms with Crippen LogP contribution in [-0.4, -0.2) is 25.5 Å². The highest BCUT2D eigenvalue weighted by Crippen LogP contribution is 2.22. The van der Waals surface area contributed by atoms with Gasteiger partial charge in [0, 0.05) is 6.54 Å². The molecule has 2 aromatic carbocycles. The molecule has 0 aliphatic carbocycles. The number of amides is 1. The SMILES string of the molecule is CCc1ccc(CNC(=O)[C@H](C)n2nc(C)c3c(C)n(-c4ccc(C)cc4)nc3c2=O)cc1. The lowest BCUT2D eigenvalue weighted by Gasteiger charge is -2.15. The topological polar surface area (TPSA) is 81.8 Å². The summed E-state index contributed by atoms with van der Waals surface area (Å²) >= 11 is 0. The van der Waals surface area contributed by atoms with Crippen LogP contribution in [0.2, 0.25) is 0 Å². The van der Waals surface area contributed by atoms with Crippen molar-refractivity contribution in [3.63, 3.8) is 0 Å². The van der Waals surface area contributed by atoms with Crippen LogP contribution < -0.4 is 10.9 Å². The Morgan fingerprint density at radius 1 is 0.970 bits per heavy atom. The average molecular weight is 444 g/mol. The summed E-state index contributed by atoms with van der Waals surface area (Å²) in [6.45, 7) is 9.96. The normalized spacial score (nSPS) is 12.2. The van der Waals surface area contributed by atoms with E-state index in [1.807, 2.05) is 57.2 Å². The Hall–Kier alpha value is -3.74. The number of nitrogens with zero attached hydrogens (tertiary/aromatic N) is 4. The number of aromatic nitrogens is 4. The van der Waals surface area contributed by atoms with Crippen LogP contribution in [-0.2, 0) is 17.8 Å². The Morgan fingerprint density at radius 3 is 2.24 bits per heavy atom. The van der Waals surface area contributed by atoms with Gasteiger partial charge in [-0.3, -0.25) is 9.59 Å². The molecule has 0 unspecified atom stereocenters. The zero-order valence-electron chi connectivity index (χ0n) is 19.7. The summed E-state index contributed by atoms with van der Waals surface area (Å²) in [6, 6.07) is 15.3. The third-order valence-electron chi connectivity index (χ3n) is 6.07. The number of benzene rings is 2. The molecule has 0 aliphatic rings. The van der Waals surface area contributed by atoms with E-state index in [0.717, 1.165) is 34.3 Å². The van der Waals surface area contributed by atoms with E-state index in [1.165, 1.54) is 10.2 Å². The summed E-state index contributed by atoms with van der Waals surface area (Å²) in [6.07, 6.45) is 0.971. The zero-order chi connectivity index (χ0) is 23.7. The second kappa shape index (κ2) is 9.02. The number of carbonyl (C=O) groups is 1. The Bertz CT molecular complexity index is 1370. The van der Waals surface area contributed by atoms with Crippen LogP contribution in [0.3, 0.4) is 0 Å². The summed E-state index contributed by atoms with van der Waals surface area (Å²) in [5.74, 6) is -0.266. The predicted octanol–water partition coefficient (Wildman–Crippen LogP) is 3.95. The van der Waals surface area contributed by atoms with E-state index < -0.39 is 6.04 Å². The van der Waals surface area contributed by atoms with Gasteiger partial charge in [-0.05, 0) is 57.4 Å². The second-order valence-electron chi connectivity index (χ2n) is 8.46. The van der Waals surface area contributed by atoms with Gasteiger partial charge in [-0.1, -0.05) is 48.9 Å². The van der Waals surface area contributed by atoms with Crippen molar-refractivity contribution in [1.29, 1.82) is 0 Å². The van der Waals surface area contributed by atoms with Crippen LogP contribution in [0.5, 0.6) is 0 Å². The fourth-order valence-electron chi connectivity index (χ4n) is 3.99. The van der Waals surface area contributed by atoms with Crippen molar-refractivity contribution in [2.75, 3.05) is 0 Å². The van der Waals surface area contributed by atoms with Crippen molar-refractivity contribution in [3.8, 4) is 5.69 Å². The molecule has 1 amide bonds. The highest BCUT2D eigenvalue weighted by molar-refractivity contribution is 5.84. The predicted molar refractivity (Wildman–Crippen MR) is 130 cm³/mol. The molecule has 33 heavy (non-hydrogen) atoms. The minimum Gasteiger partial charge on any atom is -0.350 e. The molecule has 7 nitrogen and oxygen atoms in total. The molecule has 7 heteroatoms. The smallest absolute Gasteiger partial charge is 0.295 e. The lowest BCUT2D eigenvalue weighted by Crippen LogP contribution is -2.37. The Morgan fingerprint density at radius 2 is 1.61 bits per heavy atom. The standard InChI is InChI=1S/C26H29N5O2/c1-6-20-9-11-21(12-10-20)15-27-25(32)19(5)31-26(33)24-23(17(3)28-31)18(4)30(29-24)22-13-7-16(2)8-14-22/h7-14,19H,6,15H2,1-5H3,(H,27,32)/t19-/m0/s1. The van der Waals surface area contributed by atoms with Crippen LogP contribution in [0.1, 0.15) is 48.0 Å². The summed E-state index contributed by atoms with van der Waals surface area (Å²) < 4.78 is 2.99. The molecule has 0 spiro atoms. The molecule has 2 heterocycles. The summed E-state index contributed by atoms with van der Waals surface area (Å²) in [5, 5.41) is 12.7. The van der Waals surface area contributed by atoms with Crippen molar-refractivity contribution in [3.05, 3.63) is 87.0 Å². The van der Waals surface area contributed by atoms with E-state index in [0.29, 0.717) is 17.8 Å². The highest BCUT2D eigenvalue weighted by atomic mass is 16.2. The lowest BCUT2D eigenvalue weighted by molar-refractivity contribution is -0.124. The first-order valence-corrected chi connectivity index (χ1v) is 11.2. The van der Waals surface area contributed by atoms with Gasteiger partial charge < -0.3 is 5.32 Å². The summed E-state index contributed by atoms with van der Waals surface area (Å²) in [5.41, 5.74) is 5.72. The Kier molecular flexibility index (Phi) is 6.14. The first-order chi connectivity index (χ1) is 15.8. The Balaban J connectivity index is 1.63. The maximum atomic E-state index is 13.3. The minimum absolute atomic E-state index is 0.266. The summed E-state index contributed by atoms with van der Waals surface area (Å²) in [7, 11) is 0. The molecule has 0 saturated carbocycles. The molecule has 0 bridgehead atoms. The number of hydrogen-bond donors (Lipinski definition) is 1. The first kappa shape index (κ1) is 22.5. The van der Waals surface area contributed by atoms with Crippen molar-refractivity contribution in [2.45, 2.75) is 53.6 Å². The molecular formula is C26H29N5O2. The lowest BCUT2D eigenvalue weighted by atomic mass is 10.1. The summed E-state index contributed by atoms with van der Waals surface area (Å²) in [4.78, 5) is 26.1. The van der Waals surface area contributed by atoms with E-state index in [2.05, 4.69) is 34.6 Å². The monoisotopic (exact) mass is 443 g/mol. The number of rotatable bonds is 6. The third kappa shape index (κ3) is 4.31. The van der Waals surface area contributed by atoms with E-state index in [-0.39, 0.29) is 11.5 Å². The number of nitrogens with one attached hydrogen (secondary N) is 1. The van der Waals surface area contributed by atoms with Crippen LogP contribution in [0.4, 0.5) is 0 Å². The van der Waals surface area contributed by atoms with Crippen LogP contribution in [0, 0.1) is 20.8 Å². The van der Waals surface area contributed by atoms with E-state index in [1.54, 1.807) is 11.6 Å². The first-order valence-electron chi connectivity index (χ1n) is 11.2. The van der Waals surface area contributed by atoms with Gasteiger partial charge in [0.05, 0.1) is 22.5 Å². The number of aryl methyl sites for hydroxylation is 4. The van der Waals surface area contributed by atoms with E-state index >= 15 is 0 Å². The highest BCUT2D eigenvalue weighted by Gasteiger charge is 2.23. The molecule has 0 radical (unpaired) electrons. The van der Waals surface area contributed by atoms with Gasteiger partial charge in [-0.2, -0.15) is 10.2 Å². The van der Waals surface area contributed by atoms with Crippen molar-refractivity contribution < 1.29 is 4.79 Å². The average Bonchev–Trinajstić information content (AvgIpc) is 3.18. The van der Waals surface area contributed by atoms with Gasteiger partial charge in [0.15, 0.2) is 5.52 Å². The van der Waals surface area contributed by atoms with Gasteiger partial charge in [0.2, 0.25) is 5.91 Å². The molecule has 1 atom stereocenters. The number of hydrogen-bond acceptors (Lipinski definition) is 4. The number of fused-ring (bicyclic) bond motifs is 1. The van der Waals surface area contributed by atoms with Gasteiger partial charge >= 0.3 is 0 Å². The minimum atomic E-state index is -0.764. The van der Waals surface area contributed by atoms with E-state index in [4.69, 9.17) is 0 Å². The number of carbonyl (C=O) groups excluding carboxylic acids is 1. The van der Waals surface area contributed by atoms with Crippen molar-refractivity contribution in [1.82, 2.24) is 24.9 Å². The maximum absolute atomic E-state index is 13.3. The van der Waals surface area contributed by atoms with Crippen LogP contribution in [0.15, 0.2) is 53.3 Å². The third-order valence-corrected chi connectivity index (χ3v) is 6.07.